The van der Waals surface area contributed by atoms with Crippen LogP contribution in [0.2, 0.25) is 0 Å². The summed E-state index contributed by atoms with van der Waals surface area (Å²) in [4.78, 5) is 0. The number of aliphatic hydroxyl groups excluding tert-OH is 1. The smallest absolute Gasteiger partial charge is 0.274 e. The Labute approximate surface area is 118 Å². The Morgan fingerprint density at radius 3 is 2.68 bits per heavy atom. The first-order valence-electron chi connectivity index (χ1n) is 5.84. The summed E-state index contributed by atoms with van der Waals surface area (Å²) < 4.78 is 31.9. The van der Waals surface area contributed by atoms with Crippen molar-refractivity contribution < 1.29 is 17.9 Å². The summed E-state index contributed by atoms with van der Waals surface area (Å²) in [5, 5.41) is 11.7. The lowest BCUT2D eigenvalue weighted by atomic mass is 10.3. The van der Waals surface area contributed by atoms with Crippen LogP contribution in [0.3, 0.4) is 0 Å². The van der Waals surface area contributed by atoms with Gasteiger partial charge < -0.3 is 14.8 Å². The van der Waals surface area contributed by atoms with Crippen LogP contribution in [0.5, 0.6) is 0 Å². The van der Waals surface area contributed by atoms with Crippen molar-refractivity contribution in [3.63, 3.8) is 0 Å². The van der Waals surface area contributed by atoms with E-state index < -0.39 is 10.0 Å². The maximum atomic E-state index is 12.1. The Balaban J connectivity index is 2.79. The van der Waals surface area contributed by atoms with Gasteiger partial charge in [-0.05, 0) is 32.4 Å². The summed E-state index contributed by atoms with van der Waals surface area (Å²) in [5.74, 6) is 0.555. The number of rotatable bonds is 8. The van der Waals surface area contributed by atoms with Crippen molar-refractivity contribution in [3.8, 4) is 0 Å². The normalized spacial score (nSPS) is 15.4. The molecule has 0 amide bonds. The molecule has 1 aromatic rings. The van der Waals surface area contributed by atoms with Gasteiger partial charge in [0.2, 0.25) is 5.09 Å². The van der Waals surface area contributed by atoms with Crippen LogP contribution >= 0.6 is 11.8 Å². The van der Waals surface area contributed by atoms with E-state index in [4.69, 9.17) is 9.52 Å². The van der Waals surface area contributed by atoms with E-state index in [1.165, 1.54) is 17.8 Å². The van der Waals surface area contributed by atoms with Gasteiger partial charge in [0, 0.05) is 11.3 Å². The van der Waals surface area contributed by atoms with E-state index in [0.717, 1.165) is 0 Å². The fourth-order valence-corrected chi connectivity index (χ4v) is 3.53. The van der Waals surface area contributed by atoms with Crippen LogP contribution in [-0.2, 0) is 16.6 Å². The number of hydrogen-bond donors (Lipinski definition) is 3. The summed E-state index contributed by atoms with van der Waals surface area (Å²) in [6.45, 7) is 2.09. The lowest BCUT2D eigenvalue weighted by Gasteiger charge is -2.20. The van der Waals surface area contributed by atoms with Crippen LogP contribution < -0.4 is 10.0 Å². The van der Waals surface area contributed by atoms with Gasteiger partial charge in [-0.2, -0.15) is 11.8 Å². The molecule has 0 saturated carbocycles. The molecule has 0 fully saturated rings. The molecule has 3 N–H and O–H groups in total. The average molecular weight is 308 g/mol. The van der Waals surface area contributed by atoms with E-state index in [2.05, 4.69) is 10.0 Å². The van der Waals surface area contributed by atoms with Crippen molar-refractivity contribution in [2.45, 2.75) is 29.9 Å². The molecule has 0 aliphatic rings. The molecule has 0 aliphatic carbocycles. The minimum Gasteiger partial charge on any atom is -0.447 e. The number of thioether (sulfide) groups is 1. The van der Waals surface area contributed by atoms with Crippen molar-refractivity contribution in [2.75, 3.05) is 19.9 Å². The first-order valence-corrected chi connectivity index (χ1v) is 8.61. The van der Waals surface area contributed by atoms with Crippen LogP contribution in [0.1, 0.15) is 12.7 Å². The molecule has 1 heterocycles. The summed E-state index contributed by atoms with van der Waals surface area (Å²) in [7, 11) is -1.94. The van der Waals surface area contributed by atoms with Crippen molar-refractivity contribution in [3.05, 3.63) is 17.9 Å². The van der Waals surface area contributed by atoms with Crippen LogP contribution in [0.15, 0.2) is 21.6 Å². The highest BCUT2D eigenvalue weighted by Crippen LogP contribution is 2.17. The highest BCUT2D eigenvalue weighted by molar-refractivity contribution is 7.99. The standard InChI is InChI=1S/C11H20N2O4S2/c1-8(10(7-14)18-3)13-19(15,16)11-5-4-9(17-11)6-12-2/h4-5,8,10,12-14H,6-7H2,1-3H3. The summed E-state index contributed by atoms with van der Waals surface area (Å²) >= 11 is 1.41. The van der Waals surface area contributed by atoms with Gasteiger partial charge in [-0.1, -0.05) is 0 Å². The lowest BCUT2D eigenvalue weighted by molar-refractivity contribution is 0.281. The number of hydrogen-bond acceptors (Lipinski definition) is 6. The Kier molecular flexibility index (Phi) is 6.34. The van der Waals surface area contributed by atoms with Gasteiger partial charge >= 0.3 is 0 Å². The van der Waals surface area contributed by atoms with Crippen molar-refractivity contribution >= 4 is 21.8 Å². The average Bonchev–Trinajstić information content (AvgIpc) is 2.80. The van der Waals surface area contributed by atoms with Crippen molar-refractivity contribution in [1.29, 1.82) is 0 Å². The zero-order valence-corrected chi connectivity index (χ0v) is 12.8. The van der Waals surface area contributed by atoms with E-state index >= 15 is 0 Å². The highest BCUT2D eigenvalue weighted by atomic mass is 32.2. The molecule has 8 heteroatoms. The molecule has 1 rings (SSSR count). The van der Waals surface area contributed by atoms with E-state index in [9.17, 15) is 8.42 Å². The predicted molar refractivity (Wildman–Crippen MR) is 75.6 cm³/mol. The molecule has 6 nitrogen and oxygen atoms in total. The molecular weight excluding hydrogens is 288 g/mol. The molecule has 19 heavy (non-hydrogen) atoms. The third-order valence-electron chi connectivity index (χ3n) is 2.63. The van der Waals surface area contributed by atoms with Gasteiger partial charge in [0.15, 0.2) is 0 Å². The Morgan fingerprint density at radius 1 is 1.47 bits per heavy atom. The fraction of sp³-hybridized carbons (Fsp3) is 0.636. The van der Waals surface area contributed by atoms with Crippen LogP contribution in [-0.4, -0.2) is 44.7 Å². The third kappa shape index (κ3) is 4.50. The molecule has 0 aliphatic heterocycles. The summed E-state index contributed by atoms with van der Waals surface area (Å²) in [5.41, 5.74) is 0. The second kappa shape index (κ2) is 7.30. The maximum Gasteiger partial charge on any atom is 0.274 e. The highest BCUT2D eigenvalue weighted by Gasteiger charge is 2.25. The molecule has 0 aromatic carbocycles. The van der Waals surface area contributed by atoms with Gasteiger partial charge in [-0.15, -0.1) is 0 Å². The molecule has 0 bridgehead atoms. The van der Waals surface area contributed by atoms with E-state index in [0.29, 0.717) is 12.3 Å². The Bertz CT molecular complexity index is 483. The van der Waals surface area contributed by atoms with E-state index in [-0.39, 0.29) is 23.0 Å². The quantitative estimate of drug-likeness (QED) is 0.643. The molecular formula is C11H20N2O4S2. The molecule has 2 atom stereocenters. The second-order valence-corrected chi connectivity index (χ2v) is 6.84. The van der Waals surface area contributed by atoms with E-state index in [1.54, 1.807) is 20.0 Å². The number of sulfonamides is 1. The van der Waals surface area contributed by atoms with Crippen LogP contribution in [0.4, 0.5) is 0 Å². The first-order chi connectivity index (χ1) is 8.94. The fourth-order valence-electron chi connectivity index (χ4n) is 1.59. The minimum atomic E-state index is -3.69. The molecule has 0 spiro atoms. The van der Waals surface area contributed by atoms with Gasteiger partial charge in [0.05, 0.1) is 13.2 Å². The van der Waals surface area contributed by atoms with Gasteiger partial charge in [-0.3, -0.25) is 0 Å². The lowest BCUT2D eigenvalue weighted by Crippen LogP contribution is -2.41. The zero-order chi connectivity index (χ0) is 14.5. The van der Waals surface area contributed by atoms with Crippen LogP contribution in [0, 0.1) is 0 Å². The second-order valence-electron chi connectivity index (χ2n) is 4.12. The topological polar surface area (TPSA) is 91.6 Å². The first kappa shape index (κ1) is 16.5. The largest absolute Gasteiger partial charge is 0.447 e. The zero-order valence-electron chi connectivity index (χ0n) is 11.2. The minimum absolute atomic E-state index is 0.0893. The SMILES string of the molecule is CNCc1ccc(S(=O)(=O)NC(C)C(CO)SC)o1. The Morgan fingerprint density at radius 2 is 2.16 bits per heavy atom. The summed E-state index contributed by atoms with van der Waals surface area (Å²) in [6.07, 6.45) is 1.82. The van der Waals surface area contributed by atoms with E-state index in [1.807, 2.05) is 6.26 Å². The molecule has 110 valence electrons. The number of nitrogens with one attached hydrogen (secondary N) is 2. The van der Waals surface area contributed by atoms with Crippen molar-refractivity contribution in [2.24, 2.45) is 0 Å². The van der Waals surface area contributed by atoms with Crippen molar-refractivity contribution in [1.82, 2.24) is 10.0 Å². The number of aliphatic hydroxyl groups is 1. The molecule has 0 radical (unpaired) electrons. The number of furan rings is 1. The summed E-state index contributed by atoms with van der Waals surface area (Å²) in [6, 6.07) is 2.66. The molecule has 0 saturated heterocycles. The molecule has 2 unspecified atom stereocenters. The predicted octanol–water partition coefficient (Wildman–Crippen LogP) is 0.390. The van der Waals surface area contributed by atoms with Gasteiger partial charge in [0.25, 0.3) is 10.0 Å². The monoisotopic (exact) mass is 308 g/mol. The third-order valence-corrected chi connectivity index (χ3v) is 5.23. The maximum absolute atomic E-state index is 12.1. The van der Waals surface area contributed by atoms with Crippen LogP contribution in [0.25, 0.3) is 0 Å². The van der Waals surface area contributed by atoms with Gasteiger partial charge in [0.1, 0.15) is 5.76 Å². The Hall–Kier alpha value is -0.540. The van der Waals surface area contributed by atoms with Gasteiger partial charge in [-0.25, -0.2) is 13.1 Å². The molecule has 1 aromatic heterocycles.